The van der Waals surface area contributed by atoms with Crippen molar-refractivity contribution in [3.05, 3.63) is 42.5 Å². The molecule has 4 nitrogen and oxygen atoms in total. The molecule has 26 heavy (non-hydrogen) atoms. The van der Waals surface area contributed by atoms with Crippen LogP contribution in [0.4, 0.5) is 0 Å². The number of aldehydes is 1. The highest BCUT2D eigenvalue weighted by atomic mass is 16.5. The number of hydrogen-bond donors (Lipinski definition) is 0. The van der Waals surface area contributed by atoms with Gasteiger partial charge >= 0.3 is 5.97 Å². The van der Waals surface area contributed by atoms with Gasteiger partial charge in [0, 0.05) is 11.6 Å². The van der Waals surface area contributed by atoms with Crippen LogP contribution in [0.15, 0.2) is 36.9 Å². The van der Waals surface area contributed by atoms with Crippen LogP contribution in [0.1, 0.15) is 74.6 Å². The lowest BCUT2D eigenvalue weighted by atomic mass is 10.1. The van der Waals surface area contributed by atoms with Crippen LogP contribution in [-0.4, -0.2) is 25.5 Å². The Kier molecular flexibility index (Phi) is 12.8. The second-order valence-electron chi connectivity index (χ2n) is 6.44. The average Bonchev–Trinajstić information content (AvgIpc) is 2.68. The summed E-state index contributed by atoms with van der Waals surface area (Å²) in [6.07, 6.45) is 14.0. The van der Waals surface area contributed by atoms with Gasteiger partial charge in [0.15, 0.2) is 0 Å². The fourth-order valence-corrected chi connectivity index (χ4v) is 2.68. The molecule has 0 aliphatic heterocycles. The molecule has 0 saturated carbocycles. The first kappa shape index (κ1) is 21.9. The predicted octanol–water partition coefficient (Wildman–Crippen LogP) is 5.51. The molecule has 0 N–H and O–H groups in total. The fourth-order valence-electron chi connectivity index (χ4n) is 2.68. The van der Waals surface area contributed by atoms with Crippen LogP contribution in [0.25, 0.3) is 0 Å². The largest absolute Gasteiger partial charge is 0.494 e. The summed E-state index contributed by atoms with van der Waals surface area (Å²) in [6.45, 7) is 4.61. The summed E-state index contributed by atoms with van der Waals surface area (Å²) in [4.78, 5) is 21.4. The first-order valence-electron chi connectivity index (χ1n) is 9.73. The number of benzene rings is 1. The molecule has 1 aromatic rings. The average molecular weight is 360 g/mol. The molecular formula is C22H32O4. The molecule has 0 fully saturated rings. The number of rotatable bonds is 16. The van der Waals surface area contributed by atoms with Gasteiger partial charge in [0.05, 0.1) is 13.2 Å². The zero-order valence-electron chi connectivity index (χ0n) is 15.8. The lowest BCUT2D eigenvalue weighted by Crippen LogP contribution is -2.01. The van der Waals surface area contributed by atoms with E-state index in [0.717, 1.165) is 37.9 Å². The number of ether oxygens (including phenoxy) is 2. The molecule has 0 amide bonds. The lowest BCUT2D eigenvalue weighted by molar-refractivity contribution is -0.137. The van der Waals surface area contributed by atoms with E-state index < -0.39 is 0 Å². The second kappa shape index (κ2) is 15.2. The van der Waals surface area contributed by atoms with Gasteiger partial charge in [-0.3, -0.25) is 4.79 Å². The number of carbonyl (C=O) groups is 2. The van der Waals surface area contributed by atoms with E-state index in [4.69, 9.17) is 9.47 Å². The van der Waals surface area contributed by atoms with Crippen molar-refractivity contribution in [2.75, 3.05) is 13.2 Å². The van der Waals surface area contributed by atoms with Crippen LogP contribution >= 0.6 is 0 Å². The maximum Gasteiger partial charge on any atom is 0.330 e. The van der Waals surface area contributed by atoms with Gasteiger partial charge < -0.3 is 9.47 Å². The van der Waals surface area contributed by atoms with Crippen molar-refractivity contribution in [1.29, 1.82) is 0 Å². The van der Waals surface area contributed by atoms with Gasteiger partial charge in [-0.15, -0.1) is 0 Å². The molecule has 0 atom stereocenters. The topological polar surface area (TPSA) is 52.6 Å². The van der Waals surface area contributed by atoms with Crippen molar-refractivity contribution >= 4 is 12.3 Å². The molecule has 1 rings (SSSR count). The lowest BCUT2D eigenvalue weighted by Gasteiger charge is -2.06. The van der Waals surface area contributed by atoms with Crippen LogP contribution in [0, 0.1) is 0 Å². The number of hydrogen-bond acceptors (Lipinski definition) is 4. The number of carbonyl (C=O) groups excluding carboxylic acids is 2. The summed E-state index contributed by atoms with van der Waals surface area (Å²) in [5.74, 6) is 0.501. The van der Waals surface area contributed by atoms with Gasteiger partial charge in [0.2, 0.25) is 0 Å². The molecule has 0 aliphatic carbocycles. The van der Waals surface area contributed by atoms with Crippen molar-refractivity contribution in [2.45, 2.75) is 64.2 Å². The molecular weight excluding hydrogens is 328 g/mol. The van der Waals surface area contributed by atoms with E-state index in [1.807, 2.05) is 12.1 Å². The van der Waals surface area contributed by atoms with Crippen molar-refractivity contribution in [1.82, 2.24) is 0 Å². The third-order valence-corrected chi connectivity index (χ3v) is 4.23. The van der Waals surface area contributed by atoms with E-state index in [0.29, 0.717) is 12.2 Å². The molecule has 0 heterocycles. The smallest absolute Gasteiger partial charge is 0.330 e. The van der Waals surface area contributed by atoms with Gasteiger partial charge in [-0.2, -0.15) is 0 Å². The van der Waals surface area contributed by atoms with Gasteiger partial charge in [0.1, 0.15) is 12.0 Å². The zero-order valence-corrected chi connectivity index (χ0v) is 15.8. The molecule has 0 radical (unpaired) electrons. The molecule has 0 unspecified atom stereocenters. The monoisotopic (exact) mass is 360 g/mol. The summed E-state index contributed by atoms with van der Waals surface area (Å²) in [5.41, 5.74) is 0.675. The Balaban J connectivity index is 1.81. The summed E-state index contributed by atoms with van der Waals surface area (Å²) < 4.78 is 10.6. The predicted molar refractivity (Wildman–Crippen MR) is 105 cm³/mol. The van der Waals surface area contributed by atoms with Crippen LogP contribution in [-0.2, 0) is 9.53 Å². The van der Waals surface area contributed by atoms with E-state index in [1.54, 1.807) is 12.1 Å². The Labute approximate surface area is 157 Å². The zero-order chi connectivity index (χ0) is 18.9. The van der Waals surface area contributed by atoms with E-state index >= 15 is 0 Å². The minimum atomic E-state index is -0.328. The molecule has 4 heteroatoms. The first-order valence-corrected chi connectivity index (χ1v) is 9.73. The highest BCUT2D eigenvalue weighted by molar-refractivity contribution is 5.81. The summed E-state index contributed by atoms with van der Waals surface area (Å²) >= 11 is 0. The number of unbranched alkanes of at least 4 members (excludes halogenated alkanes) is 9. The second-order valence-corrected chi connectivity index (χ2v) is 6.44. The first-order chi connectivity index (χ1) is 12.8. The highest BCUT2D eigenvalue weighted by Crippen LogP contribution is 2.13. The molecule has 1 aromatic carbocycles. The maximum atomic E-state index is 10.8. The molecule has 0 aliphatic rings. The van der Waals surface area contributed by atoms with E-state index in [2.05, 4.69) is 6.58 Å². The Hall–Kier alpha value is -2.10. The van der Waals surface area contributed by atoms with Gasteiger partial charge in [-0.05, 0) is 37.1 Å². The van der Waals surface area contributed by atoms with Crippen LogP contribution in [0.5, 0.6) is 5.75 Å². The molecule has 0 saturated heterocycles. The summed E-state index contributed by atoms with van der Waals surface area (Å²) in [7, 11) is 0. The van der Waals surface area contributed by atoms with E-state index in [1.165, 1.54) is 51.0 Å². The Morgan fingerprint density at radius 1 is 0.808 bits per heavy atom. The van der Waals surface area contributed by atoms with E-state index in [9.17, 15) is 9.59 Å². The molecule has 0 spiro atoms. The van der Waals surface area contributed by atoms with E-state index in [-0.39, 0.29) is 5.97 Å². The maximum absolute atomic E-state index is 10.8. The minimum Gasteiger partial charge on any atom is -0.494 e. The molecule has 0 bridgehead atoms. The minimum absolute atomic E-state index is 0.328. The van der Waals surface area contributed by atoms with Crippen molar-refractivity contribution in [3.63, 3.8) is 0 Å². The van der Waals surface area contributed by atoms with Gasteiger partial charge in [-0.1, -0.05) is 57.9 Å². The Morgan fingerprint density at radius 2 is 1.31 bits per heavy atom. The van der Waals surface area contributed by atoms with Crippen LogP contribution in [0.2, 0.25) is 0 Å². The molecule has 0 aromatic heterocycles. The Morgan fingerprint density at radius 3 is 1.81 bits per heavy atom. The SMILES string of the molecule is C=CC(=O)OCCCCCCCCCCCCOc1ccc(C=O)cc1. The fraction of sp³-hybridized carbons (Fsp3) is 0.545. The third kappa shape index (κ3) is 11.5. The third-order valence-electron chi connectivity index (χ3n) is 4.23. The van der Waals surface area contributed by atoms with Gasteiger partial charge in [-0.25, -0.2) is 4.79 Å². The van der Waals surface area contributed by atoms with Crippen LogP contribution < -0.4 is 4.74 Å². The summed E-state index contributed by atoms with van der Waals surface area (Å²) in [5, 5.41) is 0. The van der Waals surface area contributed by atoms with Crippen molar-refractivity contribution in [2.24, 2.45) is 0 Å². The molecule has 144 valence electrons. The van der Waals surface area contributed by atoms with Crippen LogP contribution in [0.3, 0.4) is 0 Å². The van der Waals surface area contributed by atoms with Crippen molar-refractivity contribution in [3.8, 4) is 5.75 Å². The van der Waals surface area contributed by atoms with Gasteiger partial charge in [0.25, 0.3) is 0 Å². The normalized spacial score (nSPS) is 10.3. The highest BCUT2D eigenvalue weighted by Gasteiger charge is 1.97. The standard InChI is InChI=1S/C22H32O4/c1-2-22(24)26-18-12-10-8-6-4-3-5-7-9-11-17-25-21-15-13-20(19-23)14-16-21/h2,13-16,19H,1,3-12,17-18H2. The Bertz CT molecular complexity index is 507. The summed E-state index contributed by atoms with van der Waals surface area (Å²) in [6, 6.07) is 7.23. The number of esters is 1. The quantitative estimate of drug-likeness (QED) is 0.169. The van der Waals surface area contributed by atoms with Crippen molar-refractivity contribution < 1.29 is 19.1 Å².